The molecule has 2 aromatic carbocycles. The third kappa shape index (κ3) is 3.82. The summed E-state index contributed by atoms with van der Waals surface area (Å²) in [7, 11) is 2.04. The van der Waals surface area contributed by atoms with E-state index < -0.39 is 6.10 Å². The molecule has 0 aliphatic rings. The average Bonchev–Trinajstić information content (AvgIpc) is 2.46. The predicted octanol–water partition coefficient (Wildman–Crippen LogP) is 4.01. The van der Waals surface area contributed by atoms with E-state index in [0.29, 0.717) is 6.42 Å². The number of anilines is 1. The van der Waals surface area contributed by atoms with Crippen molar-refractivity contribution in [1.82, 2.24) is 0 Å². The molecular formula is C16H18BrNO. The van der Waals surface area contributed by atoms with Crippen LogP contribution in [0, 0.1) is 0 Å². The van der Waals surface area contributed by atoms with Crippen molar-refractivity contribution in [3.63, 3.8) is 0 Å². The lowest BCUT2D eigenvalue weighted by atomic mass is 10.1. The van der Waals surface area contributed by atoms with Crippen molar-refractivity contribution in [3.8, 4) is 0 Å². The summed E-state index contributed by atoms with van der Waals surface area (Å²) < 4.78 is 0.963. The Bertz CT molecular complexity index is 515. The van der Waals surface area contributed by atoms with E-state index in [1.807, 2.05) is 49.5 Å². The Balaban J connectivity index is 1.94. The van der Waals surface area contributed by atoms with Crippen LogP contribution in [0.5, 0.6) is 0 Å². The molecule has 0 saturated heterocycles. The van der Waals surface area contributed by atoms with Gasteiger partial charge in [0.25, 0.3) is 0 Å². The van der Waals surface area contributed by atoms with Gasteiger partial charge in [0.05, 0.1) is 6.10 Å². The second-order valence-corrected chi connectivity index (χ2v) is 5.44. The highest BCUT2D eigenvalue weighted by Gasteiger charge is 2.11. The number of benzene rings is 2. The van der Waals surface area contributed by atoms with Crippen molar-refractivity contribution in [2.45, 2.75) is 12.5 Å². The normalized spacial score (nSPS) is 12.2. The summed E-state index contributed by atoms with van der Waals surface area (Å²) in [5.41, 5.74) is 2.12. The molecular weight excluding hydrogens is 302 g/mol. The van der Waals surface area contributed by atoms with Gasteiger partial charge in [-0.3, -0.25) is 0 Å². The summed E-state index contributed by atoms with van der Waals surface area (Å²) in [6, 6.07) is 18.0. The van der Waals surface area contributed by atoms with Gasteiger partial charge >= 0.3 is 0 Å². The van der Waals surface area contributed by atoms with Gasteiger partial charge in [-0.2, -0.15) is 0 Å². The van der Waals surface area contributed by atoms with Crippen molar-refractivity contribution < 1.29 is 5.11 Å². The van der Waals surface area contributed by atoms with E-state index in [4.69, 9.17) is 0 Å². The summed E-state index contributed by atoms with van der Waals surface area (Å²) in [5, 5.41) is 10.2. The molecule has 1 unspecified atom stereocenters. The smallest absolute Gasteiger partial charge is 0.0817 e. The molecule has 0 aliphatic heterocycles. The highest BCUT2D eigenvalue weighted by atomic mass is 79.9. The van der Waals surface area contributed by atoms with Gasteiger partial charge in [0.1, 0.15) is 0 Å². The Morgan fingerprint density at radius 1 is 1.05 bits per heavy atom. The summed E-state index contributed by atoms with van der Waals surface area (Å²) in [5.74, 6) is 0. The van der Waals surface area contributed by atoms with Crippen LogP contribution in [0.4, 0.5) is 5.69 Å². The SMILES string of the molecule is CN(CCC(O)c1ccccc1Br)c1ccccc1. The van der Waals surface area contributed by atoms with E-state index >= 15 is 0 Å². The predicted molar refractivity (Wildman–Crippen MR) is 83.4 cm³/mol. The summed E-state index contributed by atoms with van der Waals surface area (Å²) >= 11 is 3.48. The van der Waals surface area contributed by atoms with E-state index in [2.05, 4.69) is 33.0 Å². The van der Waals surface area contributed by atoms with Crippen molar-refractivity contribution >= 4 is 21.6 Å². The van der Waals surface area contributed by atoms with Gasteiger partial charge in [-0.15, -0.1) is 0 Å². The highest BCUT2D eigenvalue weighted by molar-refractivity contribution is 9.10. The zero-order valence-electron chi connectivity index (χ0n) is 11.0. The fraction of sp³-hybridized carbons (Fsp3) is 0.250. The highest BCUT2D eigenvalue weighted by Crippen LogP contribution is 2.25. The summed E-state index contributed by atoms with van der Waals surface area (Å²) in [6.07, 6.45) is 0.260. The van der Waals surface area contributed by atoms with Gasteiger partial charge in [0.15, 0.2) is 0 Å². The standard InChI is InChI=1S/C16H18BrNO/c1-18(13-7-3-2-4-8-13)12-11-16(19)14-9-5-6-10-15(14)17/h2-10,16,19H,11-12H2,1H3. The molecule has 0 bridgehead atoms. The minimum atomic E-state index is -0.443. The fourth-order valence-electron chi connectivity index (χ4n) is 2.03. The van der Waals surface area contributed by atoms with Crippen LogP contribution in [0.1, 0.15) is 18.1 Å². The van der Waals surface area contributed by atoms with Gasteiger partial charge < -0.3 is 10.0 Å². The first kappa shape index (κ1) is 14.1. The molecule has 0 aromatic heterocycles. The topological polar surface area (TPSA) is 23.5 Å². The lowest BCUT2D eigenvalue weighted by molar-refractivity contribution is 0.169. The zero-order chi connectivity index (χ0) is 13.7. The van der Waals surface area contributed by atoms with Crippen molar-refractivity contribution in [2.75, 3.05) is 18.5 Å². The monoisotopic (exact) mass is 319 g/mol. The Hall–Kier alpha value is -1.32. The second-order valence-electron chi connectivity index (χ2n) is 4.58. The summed E-state index contributed by atoms with van der Waals surface area (Å²) in [6.45, 7) is 0.812. The van der Waals surface area contributed by atoms with Gasteiger partial charge in [-0.25, -0.2) is 0 Å². The molecule has 1 N–H and O–H groups in total. The quantitative estimate of drug-likeness (QED) is 0.900. The number of aliphatic hydroxyl groups is 1. The molecule has 100 valence electrons. The van der Waals surface area contributed by atoms with E-state index in [9.17, 15) is 5.11 Å². The minimum absolute atomic E-state index is 0.443. The number of nitrogens with zero attached hydrogens (tertiary/aromatic N) is 1. The summed E-state index contributed by atoms with van der Waals surface area (Å²) in [4.78, 5) is 2.15. The Kier molecular flexibility index (Phi) is 5.00. The van der Waals surface area contributed by atoms with Gasteiger partial charge in [-0.05, 0) is 30.2 Å². The molecule has 0 saturated carbocycles. The van der Waals surface area contributed by atoms with Crippen LogP contribution >= 0.6 is 15.9 Å². The van der Waals surface area contributed by atoms with Gasteiger partial charge in [0.2, 0.25) is 0 Å². The minimum Gasteiger partial charge on any atom is -0.388 e. The fourth-order valence-corrected chi connectivity index (χ4v) is 2.58. The van der Waals surface area contributed by atoms with E-state index in [-0.39, 0.29) is 0 Å². The number of hydrogen-bond acceptors (Lipinski definition) is 2. The molecule has 2 aromatic rings. The molecule has 1 atom stereocenters. The largest absolute Gasteiger partial charge is 0.388 e. The average molecular weight is 320 g/mol. The molecule has 2 rings (SSSR count). The van der Waals surface area contributed by atoms with Crippen LogP contribution in [0.25, 0.3) is 0 Å². The molecule has 0 amide bonds. The molecule has 0 radical (unpaired) electrons. The third-order valence-electron chi connectivity index (χ3n) is 3.20. The van der Waals surface area contributed by atoms with Crippen LogP contribution in [0.15, 0.2) is 59.1 Å². The maximum atomic E-state index is 10.2. The van der Waals surface area contributed by atoms with Crippen molar-refractivity contribution in [3.05, 3.63) is 64.6 Å². The second kappa shape index (κ2) is 6.73. The van der Waals surface area contributed by atoms with E-state index in [1.54, 1.807) is 0 Å². The van der Waals surface area contributed by atoms with Crippen molar-refractivity contribution in [1.29, 1.82) is 0 Å². The Labute approximate surface area is 122 Å². The number of para-hydroxylation sites is 1. The Morgan fingerprint density at radius 2 is 1.68 bits per heavy atom. The number of halogens is 1. The van der Waals surface area contributed by atoms with Gasteiger partial charge in [-0.1, -0.05) is 52.3 Å². The van der Waals surface area contributed by atoms with E-state index in [1.165, 1.54) is 5.69 Å². The molecule has 0 fully saturated rings. The van der Waals surface area contributed by atoms with Crippen molar-refractivity contribution in [2.24, 2.45) is 0 Å². The lowest BCUT2D eigenvalue weighted by Gasteiger charge is -2.21. The first-order chi connectivity index (χ1) is 9.18. The van der Waals surface area contributed by atoms with Crippen LogP contribution in [-0.4, -0.2) is 18.7 Å². The first-order valence-electron chi connectivity index (χ1n) is 6.37. The third-order valence-corrected chi connectivity index (χ3v) is 3.92. The lowest BCUT2D eigenvalue weighted by Crippen LogP contribution is -2.20. The van der Waals surface area contributed by atoms with Gasteiger partial charge in [0, 0.05) is 23.8 Å². The molecule has 0 aliphatic carbocycles. The molecule has 0 heterocycles. The molecule has 0 spiro atoms. The molecule has 2 nitrogen and oxygen atoms in total. The first-order valence-corrected chi connectivity index (χ1v) is 7.16. The number of rotatable bonds is 5. The maximum Gasteiger partial charge on any atom is 0.0817 e. The van der Waals surface area contributed by atoms with Crippen LogP contribution in [0.3, 0.4) is 0 Å². The number of aliphatic hydroxyl groups excluding tert-OH is 1. The maximum absolute atomic E-state index is 10.2. The molecule has 3 heteroatoms. The van der Waals surface area contributed by atoms with Crippen LogP contribution in [-0.2, 0) is 0 Å². The van der Waals surface area contributed by atoms with Crippen LogP contribution in [0.2, 0.25) is 0 Å². The van der Waals surface area contributed by atoms with E-state index in [0.717, 1.165) is 16.6 Å². The number of hydrogen-bond donors (Lipinski definition) is 1. The zero-order valence-corrected chi connectivity index (χ0v) is 12.5. The van der Waals surface area contributed by atoms with Crippen LogP contribution < -0.4 is 4.90 Å². The Morgan fingerprint density at radius 3 is 2.37 bits per heavy atom. The molecule has 19 heavy (non-hydrogen) atoms.